The first kappa shape index (κ1) is 19.1. The van der Waals surface area contributed by atoms with E-state index in [1.165, 1.54) is 0 Å². The van der Waals surface area contributed by atoms with E-state index in [0.29, 0.717) is 24.1 Å². The van der Waals surface area contributed by atoms with Crippen LogP contribution in [0.3, 0.4) is 0 Å². The summed E-state index contributed by atoms with van der Waals surface area (Å²) < 4.78 is 9.88. The van der Waals surface area contributed by atoms with Crippen molar-refractivity contribution in [1.29, 1.82) is 0 Å². The van der Waals surface area contributed by atoms with Crippen LogP contribution in [0.25, 0.3) is 0 Å². The SMILES string of the molecule is CCCNC(=O)CNC(=O)COC(=O)COc1ccc(C=O)cc1. The normalized spacial score (nSPS) is 9.71. The molecule has 0 aliphatic rings. The van der Waals surface area contributed by atoms with Gasteiger partial charge in [0.05, 0.1) is 6.54 Å². The molecule has 0 saturated carbocycles. The van der Waals surface area contributed by atoms with E-state index >= 15 is 0 Å². The Morgan fingerprint density at radius 2 is 1.75 bits per heavy atom. The number of ether oxygens (including phenoxy) is 2. The summed E-state index contributed by atoms with van der Waals surface area (Å²) in [6.45, 7) is 1.42. The van der Waals surface area contributed by atoms with Crippen LogP contribution in [-0.2, 0) is 19.1 Å². The highest BCUT2D eigenvalue weighted by Gasteiger charge is 2.09. The molecule has 0 bridgehead atoms. The molecule has 0 aromatic heterocycles. The molecule has 0 heterocycles. The molecule has 2 N–H and O–H groups in total. The van der Waals surface area contributed by atoms with Gasteiger partial charge in [-0.15, -0.1) is 0 Å². The highest BCUT2D eigenvalue weighted by Crippen LogP contribution is 2.10. The van der Waals surface area contributed by atoms with Gasteiger partial charge in [-0.1, -0.05) is 6.92 Å². The molecule has 1 rings (SSSR count). The minimum atomic E-state index is -0.722. The Hall–Kier alpha value is -2.90. The van der Waals surface area contributed by atoms with Crippen LogP contribution in [0.2, 0.25) is 0 Å². The molecule has 8 heteroatoms. The number of amides is 2. The third-order valence-electron chi connectivity index (χ3n) is 2.76. The van der Waals surface area contributed by atoms with Crippen LogP contribution in [0.1, 0.15) is 23.7 Å². The number of esters is 1. The summed E-state index contributed by atoms with van der Waals surface area (Å²) in [6, 6.07) is 6.17. The zero-order valence-corrected chi connectivity index (χ0v) is 13.4. The van der Waals surface area contributed by atoms with Gasteiger partial charge >= 0.3 is 5.97 Å². The maximum Gasteiger partial charge on any atom is 0.344 e. The van der Waals surface area contributed by atoms with Crippen molar-refractivity contribution >= 4 is 24.1 Å². The van der Waals surface area contributed by atoms with Gasteiger partial charge in [-0.25, -0.2) is 4.79 Å². The molecule has 0 atom stereocenters. The quantitative estimate of drug-likeness (QED) is 0.462. The average molecular weight is 336 g/mol. The highest BCUT2D eigenvalue weighted by molar-refractivity contribution is 5.86. The average Bonchev–Trinajstić information content (AvgIpc) is 2.61. The highest BCUT2D eigenvalue weighted by atomic mass is 16.6. The van der Waals surface area contributed by atoms with Gasteiger partial charge in [0.15, 0.2) is 13.2 Å². The minimum Gasteiger partial charge on any atom is -0.482 e. The van der Waals surface area contributed by atoms with Gasteiger partial charge < -0.3 is 20.1 Å². The maximum atomic E-state index is 11.5. The van der Waals surface area contributed by atoms with E-state index in [1.54, 1.807) is 24.3 Å². The summed E-state index contributed by atoms with van der Waals surface area (Å²) in [5.74, 6) is -1.21. The van der Waals surface area contributed by atoms with Crippen molar-refractivity contribution in [3.8, 4) is 5.75 Å². The van der Waals surface area contributed by atoms with Crippen LogP contribution in [0.4, 0.5) is 0 Å². The van der Waals surface area contributed by atoms with Gasteiger partial charge in [-0.05, 0) is 30.7 Å². The van der Waals surface area contributed by atoms with Crippen LogP contribution in [0.5, 0.6) is 5.75 Å². The second-order valence-electron chi connectivity index (χ2n) is 4.76. The fourth-order valence-electron chi connectivity index (χ4n) is 1.53. The molecule has 2 amide bonds. The summed E-state index contributed by atoms with van der Waals surface area (Å²) >= 11 is 0. The summed E-state index contributed by atoms with van der Waals surface area (Å²) in [5.41, 5.74) is 0.490. The lowest BCUT2D eigenvalue weighted by molar-refractivity contribution is -0.150. The number of benzene rings is 1. The van der Waals surface area contributed by atoms with Gasteiger partial charge in [0.2, 0.25) is 5.91 Å². The smallest absolute Gasteiger partial charge is 0.344 e. The molecule has 0 saturated heterocycles. The topological polar surface area (TPSA) is 111 Å². The van der Waals surface area contributed by atoms with Crippen LogP contribution in [-0.4, -0.2) is 50.4 Å². The van der Waals surface area contributed by atoms with Crippen molar-refractivity contribution in [3.63, 3.8) is 0 Å². The zero-order chi connectivity index (χ0) is 17.8. The summed E-state index contributed by atoms with van der Waals surface area (Å²) in [4.78, 5) is 44.7. The Labute approximate surface area is 139 Å². The second kappa shape index (κ2) is 10.8. The third kappa shape index (κ3) is 7.92. The number of hydrogen-bond donors (Lipinski definition) is 2. The molecule has 1 aromatic carbocycles. The molecule has 8 nitrogen and oxygen atoms in total. The van der Waals surface area contributed by atoms with Crippen molar-refractivity contribution in [2.24, 2.45) is 0 Å². The van der Waals surface area contributed by atoms with E-state index in [0.717, 1.165) is 6.42 Å². The standard InChI is InChI=1S/C16H20N2O6/c1-2-7-17-14(20)8-18-15(21)10-24-16(22)11-23-13-5-3-12(9-19)4-6-13/h3-6,9H,2,7-8,10-11H2,1H3,(H,17,20)(H,18,21). The van der Waals surface area contributed by atoms with Crippen molar-refractivity contribution in [2.75, 3.05) is 26.3 Å². The van der Waals surface area contributed by atoms with Gasteiger partial charge in [0.25, 0.3) is 5.91 Å². The Balaban J connectivity index is 2.19. The predicted molar refractivity (Wildman–Crippen MR) is 84.6 cm³/mol. The first-order valence-corrected chi connectivity index (χ1v) is 7.42. The van der Waals surface area contributed by atoms with E-state index < -0.39 is 18.5 Å². The fourth-order valence-corrected chi connectivity index (χ4v) is 1.53. The van der Waals surface area contributed by atoms with Crippen molar-refractivity contribution in [3.05, 3.63) is 29.8 Å². The number of rotatable bonds is 10. The Bertz CT molecular complexity index is 570. The molecular weight excluding hydrogens is 316 g/mol. The van der Waals surface area contributed by atoms with Gasteiger partial charge in [-0.3, -0.25) is 14.4 Å². The number of nitrogens with one attached hydrogen (secondary N) is 2. The first-order chi connectivity index (χ1) is 11.5. The second-order valence-corrected chi connectivity index (χ2v) is 4.76. The van der Waals surface area contributed by atoms with E-state index in [4.69, 9.17) is 9.47 Å². The summed E-state index contributed by atoms with van der Waals surface area (Å²) in [7, 11) is 0. The molecule has 0 fully saturated rings. The molecular formula is C16H20N2O6. The number of aldehydes is 1. The maximum absolute atomic E-state index is 11.5. The van der Waals surface area contributed by atoms with Crippen molar-refractivity contribution < 1.29 is 28.7 Å². The van der Waals surface area contributed by atoms with Crippen LogP contribution in [0.15, 0.2) is 24.3 Å². The lowest BCUT2D eigenvalue weighted by Gasteiger charge is -2.08. The summed E-state index contributed by atoms with van der Waals surface area (Å²) in [5, 5.41) is 4.93. The minimum absolute atomic E-state index is 0.171. The lowest BCUT2D eigenvalue weighted by atomic mass is 10.2. The van der Waals surface area contributed by atoms with Crippen LogP contribution < -0.4 is 15.4 Å². The van der Waals surface area contributed by atoms with Gasteiger partial charge in [0, 0.05) is 12.1 Å². The molecule has 1 aromatic rings. The largest absolute Gasteiger partial charge is 0.482 e. The van der Waals surface area contributed by atoms with E-state index in [1.807, 2.05) is 6.92 Å². The molecule has 0 aliphatic heterocycles. The Morgan fingerprint density at radius 1 is 1.04 bits per heavy atom. The molecule has 0 unspecified atom stereocenters. The fraction of sp³-hybridized carbons (Fsp3) is 0.375. The zero-order valence-electron chi connectivity index (χ0n) is 13.4. The molecule has 24 heavy (non-hydrogen) atoms. The first-order valence-electron chi connectivity index (χ1n) is 7.42. The predicted octanol–water partition coefficient (Wildman–Crippen LogP) is 0.0635. The third-order valence-corrected chi connectivity index (χ3v) is 2.76. The van der Waals surface area contributed by atoms with E-state index in [-0.39, 0.29) is 19.1 Å². The number of hydrogen-bond acceptors (Lipinski definition) is 6. The number of carbonyl (C=O) groups is 4. The molecule has 0 spiro atoms. The lowest BCUT2D eigenvalue weighted by Crippen LogP contribution is -2.39. The molecule has 130 valence electrons. The monoisotopic (exact) mass is 336 g/mol. The number of carbonyl (C=O) groups excluding carboxylic acids is 4. The van der Waals surface area contributed by atoms with Gasteiger partial charge in [-0.2, -0.15) is 0 Å². The van der Waals surface area contributed by atoms with Gasteiger partial charge in [0.1, 0.15) is 12.0 Å². The molecule has 0 aliphatic carbocycles. The Morgan fingerprint density at radius 3 is 2.38 bits per heavy atom. The Kier molecular flexibility index (Phi) is 8.59. The van der Waals surface area contributed by atoms with Crippen molar-refractivity contribution in [1.82, 2.24) is 10.6 Å². The van der Waals surface area contributed by atoms with Crippen molar-refractivity contribution in [2.45, 2.75) is 13.3 Å². The molecule has 0 radical (unpaired) electrons. The summed E-state index contributed by atoms with van der Waals surface area (Å²) in [6.07, 6.45) is 1.49. The van der Waals surface area contributed by atoms with E-state index in [9.17, 15) is 19.2 Å². The van der Waals surface area contributed by atoms with Crippen LogP contribution >= 0.6 is 0 Å². The van der Waals surface area contributed by atoms with Crippen LogP contribution in [0, 0.1) is 0 Å². The van der Waals surface area contributed by atoms with E-state index in [2.05, 4.69) is 10.6 Å².